The summed E-state index contributed by atoms with van der Waals surface area (Å²) in [5, 5.41) is 57.6. The molecule has 0 radical (unpaired) electrons. The second-order valence-corrected chi connectivity index (χ2v) is 11.6. The lowest BCUT2D eigenvalue weighted by molar-refractivity contribution is -0.140. The molecule has 0 fully saturated rings. The van der Waals surface area contributed by atoms with Crippen LogP contribution in [0.1, 0.15) is 81.6 Å². The molecule has 2 atom stereocenters. The van der Waals surface area contributed by atoms with E-state index < -0.39 is 29.4 Å². The van der Waals surface area contributed by atoms with Crippen molar-refractivity contribution in [2.24, 2.45) is 5.92 Å². The highest BCUT2D eigenvalue weighted by atomic mass is 16.5. The van der Waals surface area contributed by atoms with Crippen LogP contribution in [0.15, 0.2) is 48.5 Å². The summed E-state index contributed by atoms with van der Waals surface area (Å²) in [6, 6.07) is 11.9. The average molecular weight is 634 g/mol. The number of carboxylic acid groups (broad SMARTS) is 1. The number of phenols is 4. The van der Waals surface area contributed by atoms with Gasteiger partial charge in [-0.2, -0.15) is 0 Å². The summed E-state index contributed by atoms with van der Waals surface area (Å²) >= 11 is 0. The predicted molar refractivity (Wildman–Crippen MR) is 176 cm³/mol. The largest absolute Gasteiger partial charge is 0.506 e. The lowest BCUT2D eigenvalue weighted by atomic mass is 9.98. The predicted octanol–water partition coefficient (Wildman–Crippen LogP) is 7.36. The van der Waals surface area contributed by atoms with Gasteiger partial charge in [-0.15, -0.1) is 0 Å². The normalized spacial score (nSPS) is 12.6. The van der Waals surface area contributed by atoms with Crippen LogP contribution in [0.4, 0.5) is 0 Å². The van der Waals surface area contributed by atoms with Crippen molar-refractivity contribution in [1.82, 2.24) is 5.32 Å². The van der Waals surface area contributed by atoms with E-state index in [1.165, 1.54) is 12.1 Å². The fraction of sp³-hybridized carbons (Fsp3) is 0.389. The number of amides is 1. The number of rotatable bonds is 16. The van der Waals surface area contributed by atoms with Crippen LogP contribution in [0.3, 0.4) is 0 Å². The van der Waals surface area contributed by atoms with Gasteiger partial charge in [-0.3, -0.25) is 4.79 Å². The minimum atomic E-state index is -1.11. The maximum atomic E-state index is 12.7. The number of phenolic OH excluding ortho intramolecular Hbond substituents is 4. The van der Waals surface area contributed by atoms with E-state index in [-0.39, 0.29) is 58.5 Å². The first-order chi connectivity index (χ1) is 22.1. The molecule has 0 bridgehead atoms. The zero-order valence-electron chi connectivity index (χ0n) is 26.5. The van der Waals surface area contributed by atoms with Crippen molar-refractivity contribution in [3.8, 4) is 34.5 Å². The number of carbonyl (C=O) groups is 2. The van der Waals surface area contributed by atoms with Gasteiger partial charge in [-0.25, -0.2) is 4.79 Å². The molecular formula is C36H43NO9. The molecule has 4 rings (SSSR count). The molecule has 0 aromatic heterocycles. The third-order valence-electron chi connectivity index (χ3n) is 8.38. The fourth-order valence-corrected chi connectivity index (χ4v) is 5.45. The number of aromatic hydroxyl groups is 4. The number of hydrogen-bond donors (Lipinski definition) is 6. The van der Waals surface area contributed by atoms with E-state index in [9.17, 15) is 35.1 Å². The Balaban J connectivity index is 1.63. The highest BCUT2D eigenvalue weighted by Crippen LogP contribution is 2.57. The van der Waals surface area contributed by atoms with Gasteiger partial charge < -0.3 is 40.3 Å². The second-order valence-electron chi connectivity index (χ2n) is 11.6. The smallest absolute Gasteiger partial charge is 0.326 e. The number of aliphatic carboxylic acids is 1. The molecule has 0 saturated heterocycles. The van der Waals surface area contributed by atoms with Gasteiger partial charge in [0.05, 0.1) is 17.4 Å². The van der Waals surface area contributed by atoms with Crippen molar-refractivity contribution in [3.63, 3.8) is 0 Å². The van der Waals surface area contributed by atoms with Crippen LogP contribution >= 0.6 is 0 Å². The number of ether oxygens (including phenoxy) is 2. The molecule has 0 aliphatic heterocycles. The molecule has 10 heteroatoms. The summed E-state index contributed by atoms with van der Waals surface area (Å²) in [5.41, 5.74) is 0.832. The molecule has 4 aromatic rings. The molecule has 0 spiro atoms. The summed E-state index contributed by atoms with van der Waals surface area (Å²) < 4.78 is 11.9. The standard InChI is InChI=1S/C36H43NO9/c1-4-6-7-8-9-12-19-45-33-26-27(30(39)25-14-11-10-13-24(25)29(26)38)34(32(41)31(33)40)46-20-22-15-17-23(18-16-22)35(42)37-28(36(43)44)21(3)5-2/h10-11,13-18,21,28,38-41H,4-9,12,19-20H2,1-3H3,(H,37,42)(H,43,44)/t21-,28+/m1/s1. The highest BCUT2D eigenvalue weighted by Gasteiger charge is 2.29. The van der Waals surface area contributed by atoms with E-state index in [0.29, 0.717) is 29.2 Å². The van der Waals surface area contributed by atoms with Crippen LogP contribution in [0, 0.1) is 5.92 Å². The Morgan fingerprint density at radius 2 is 1.28 bits per heavy atom. The molecule has 6 N–H and O–H groups in total. The Bertz CT molecular complexity index is 1680. The van der Waals surface area contributed by atoms with Crippen molar-refractivity contribution in [2.75, 3.05) is 6.61 Å². The van der Waals surface area contributed by atoms with Crippen molar-refractivity contribution in [2.45, 2.75) is 78.4 Å². The van der Waals surface area contributed by atoms with E-state index in [1.54, 1.807) is 43.3 Å². The molecule has 10 nitrogen and oxygen atoms in total. The van der Waals surface area contributed by atoms with Crippen molar-refractivity contribution in [1.29, 1.82) is 0 Å². The monoisotopic (exact) mass is 633 g/mol. The van der Waals surface area contributed by atoms with Crippen molar-refractivity contribution < 1.29 is 44.6 Å². The van der Waals surface area contributed by atoms with E-state index >= 15 is 0 Å². The van der Waals surface area contributed by atoms with Crippen LogP contribution in [-0.2, 0) is 11.4 Å². The zero-order valence-corrected chi connectivity index (χ0v) is 26.5. The van der Waals surface area contributed by atoms with E-state index in [2.05, 4.69) is 12.2 Å². The van der Waals surface area contributed by atoms with Gasteiger partial charge in [0.2, 0.25) is 11.5 Å². The van der Waals surface area contributed by atoms with Gasteiger partial charge in [0.15, 0.2) is 11.5 Å². The van der Waals surface area contributed by atoms with Crippen LogP contribution in [-0.4, -0.2) is 50.1 Å². The quantitative estimate of drug-likeness (QED) is 0.0320. The summed E-state index contributed by atoms with van der Waals surface area (Å²) in [5.74, 6) is -4.09. The third kappa shape index (κ3) is 7.33. The van der Waals surface area contributed by atoms with Crippen molar-refractivity contribution >= 4 is 33.4 Å². The molecule has 1 amide bonds. The topological polar surface area (TPSA) is 166 Å². The Kier molecular flexibility index (Phi) is 11.4. The molecule has 246 valence electrons. The molecule has 0 heterocycles. The molecule has 0 saturated carbocycles. The van der Waals surface area contributed by atoms with Crippen LogP contribution in [0.2, 0.25) is 0 Å². The molecule has 0 aliphatic rings. The van der Waals surface area contributed by atoms with Crippen LogP contribution < -0.4 is 14.8 Å². The Morgan fingerprint density at radius 1 is 0.739 bits per heavy atom. The minimum Gasteiger partial charge on any atom is -0.506 e. The number of benzene rings is 4. The summed E-state index contributed by atoms with van der Waals surface area (Å²) in [7, 11) is 0. The van der Waals surface area contributed by atoms with Gasteiger partial charge in [0.1, 0.15) is 24.1 Å². The van der Waals surface area contributed by atoms with E-state index in [4.69, 9.17) is 9.47 Å². The minimum absolute atomic E-state index is 0.00814. The van der Waals surface area contributed by atoms with Crippen LogP contribution in [0.25, 0.3) is 21.5 Å². The zero-order chi connectivity index (χ0) is 33.4. The third-order valence-corrected chi connectivity index (χ3v) is 8.38. The first kappa shape index (κ1) is 34.0. The number of unbranched alkanes of at least 4 members (excludes halogenated alkanes) is 5. The first-order valence-electron chi connectivity index (χ1n) is 15.8. The Labute approximate surface area is 268 Å². The maximum Gasteiger partial charge on any atom is 0.326 e. The van der Waals surface area contributed by atoms with E-state index in [0.717, 1.165) is 32.1 Å². The van der Waals surface area contributed by atoms with Gasteiger partial charge in [-0.1, -0.05) is 95.7 Å². The average Bonchev–Trinajstić information content (AvgIpc) is 3.06. The molecular weight excluding hydrogens is 590 g/mol. The number of hydrogen-bond acceptors (Lipinski definition) is 8. The van der Waals surface area contributed by atoms with Gasteiger partial charge in [0.25, 0.3) is 5.91 Å². The van der Waals surface area contributed by atoms with Crippen molar-refractivity contribution in [3.05, 3.63) is 59.7 Å². The summed E-state index contributed by atoms with van der Waals surface area (Å²) in [6.45, 7) is 5.84. The fourth-order valence-electron chi connectivity index (χ4n) is 5.45. The highest BCUT2D eigenvalue weighted by molar-refractivity contribution is 6.16. The van der Waals surface area contributed by atoms with Crippen LogP contribution in [0.5, 0.6) is 34.5 Å². The number of nitrogens with one attached hydrogen (secondary N) is 1. The van der Waals surface area contributed by atoms with Gasteiger partial charge in [-0.05, 0) is 30.0 Å². The van der Waals surface area contributed by atoms with E-state index in [1.807, 2.05) is 6.92 Å². The summed E-state index contributed by atoms with van der Waals surface area (Å²) in [6.07, 6.45) is 6.67. The maximum absolute atomic E-state index is 12.7. The Morgan fingerprint density at radius 3 is 1.83 bits per heavy atom. The lowest BCUT2D eigenvalue weighted by Crippen LogP contribution is -2.45. The Hall–Kier alpha value is -4.86. The molecule has 46 heavy (non-hydrogen) atoms. The molecule has 4 aromatic carbocycles. The molecule has 0 aliphatic carbocycles. The summed E-state index contributed by atoms with van der Waals surface area (Å²) in [4.78, 5) is 24.4. The number of fused-ring (bicyclic) bond motifs is 2. The lowest BCUT2D eigenvalue weighted by Gasteiger charge is -2.20. The second kappa shape index (κ2) is 15.4. The first-order valence-corrected chi connectivity index (χ1v) is 15.8. The van der Waals surface area contributed by atoms with Gasteiger partial charge in [0, 0.05) is 16.3 Å². The van der Waals surface area contributed by atoms with Gasteiger partial charge >= 0.3 is 5.97 Å². The number of carboxylic acids is 1. The molecule has 0 unspecified atom stereocenters. The SMILES string of the molecule is CCCCCCCCOc1c(O)c(O)c(OCc2ccc(C(=O)N[C@H](C(=O)O)[C@H](C)CC)cc2)c2c(O)c3ccccc3c(O)c12. The number of carbonyl (C=O) groups excluding carboxylic acids is 1.